The summed E-state index contributed by atoms with van der Waals surface area (Å²) in [6.45, 7) is 1.75. The highest BCUT2D eigenvalue weighted by molar-refractivity contribution is 7.89. The lowest BCUT2D eigenvalue weighted by molar-refractivity contribution is 0.0600. The second-order valence-corrected chi connectivity index (χ2v) is 7.69. The topological polar surface area (TPSA) is 84.9 Å². The van der Waals surface area contributed by atoms with E-state index < -0.39 is 16.0 Å². The molecule has 1 aromatic carbocycles. The molecule has 1 aliphatic rings. The van der Waals surface area contributed by atoms with E-state index in [-0.39, 0.29) is 16.2 Å². The van der Waals surface area contributed by atoms with Crippen LogP contribution in [0, 0.1) is 5.92 Å². The molecule has 1 atom stereocenters. The standard InChI is InChI=1S/C16H24N2O5S/c1-17-10-12-5-4-8-18(11-12)24(20,21)15-7-6-13(16(19)23-3)9-14(15)22-2/h6-7,9,12,17H,4-5,8,10-11H2,1-3H3. The first-order chi connectivity index (χ1) is 11.4. The molecular weight excluding hydrogens is 332 g/mol. The van der Waals surface area contributed by atoms with Crippen molar-refractivity contribution in [2.24, 2.45) is 5.92 Å². The van der Waals surface area contributed by atoms with Crippen LogP contribution in [0.25, 0.3) is 0 Å². The molecule has 0 aromatic heterocycles. The monoisotopic (exact) mass is 356 g/mol. The van der Waals surface area contributed by atoms with Gasteiger partial charge >= 0.3 is 5.97 Å². The molecule has 134 valence electrons. The summed E-state index contributed by atoms with van der Waals surface area (Å²) in [7, 11) is 0.844. The molecule has 1 saturated heterocycles. The SMILES string of the molecule is CNCC1CCCN(S(=O)(=O)c2ccc(C(=O)OC)cc2OC)C1. The smallest absolute Gasteiger partial charge is 0.337 e. The summed E-state index contributed by atoms with van der Waals surface area (Å²) in [5, 5.41) is 3.10. The van der Waals surface area contributed by atoms with Crippen LogP contribution < -0.4 is 10.1 Å². The van der Waals surface area contributed by atoms with E-state index in [1.54, 1.807) is 0 Å². The van der Waals surface area contributed by atoms with Gasteiger partial charge in [-0.25, -0.2) is 13.2 Å². The van der Waals surface area contributed by atoms with Crippen molar-refractivity contribution in [3.63, 3.8) is 0 Å². The largest absolute Gasteiger partial charge is 0.495 e. The number of carbonyl (C=O) groups is 1. The fourth-order valence-electron chi connectivity index (χ4n) is 2.97. The van der Waals surface area contributed by atoms with E-state index in [1.807, 2.05) is 7.05 Å². The van der Waals surface area contributed by atoms with Crippen molar-refractivity contribution >= 4 is 16.0 Å². The summed E-state index contributed by atoms with van der Waals surface area (Å²) in [4.78, 5) is 11.7. The third-order valence-electron chi connectivity index (χ3n) is 4.18. The summed E-state index contributed by atoms with van der Waals surface area (Å²) in [5.74, 6) is -0.100. The maximum absolute atomic E-state index is 13.0. The molecule has 1 aromatic rings. The fraction of sp³-hybridized carbons (Fsp3) is 0.562. The summed E-state index contributed by atoms with van der Waals surface area (Å²) in [5.41, 5.74) is 0.250. The van der Waals surface area contributed by atoms with Crippen LogP contribution >= 0.6 is 0 Å². The number of sulfonamides is 1. The zero-order chi connectivity index (χ0) is 17.7. The van der Waals surface area contributed by atoms with Gasteiger partial charge in [0.25, 0.3) is 0 Å². The molecule has 7 nitrogen and oxygen atoms in total. The minimum absolute atomic E-state index is 0.0720. The number of esters is 1. The molecule has 1 fully saturated rings. The predicted molar refractivity (Wildman–Crippen MR) is 89.7 cm³/mol. The number of carbonyl (C=O) groups excluding carboxylic acids is 1. The molecule has 1 N–H and O–H groups in total. The van der Waals surface area contributed by atoms with Gasteiger partial charge in [0.15, 0.2) is 0 Å². The van der Waals surface area contributed by atoms with Gasteiger partial charge in [0.05, 0.1) is 19.8 Å². The average molecular weight is 356 g/mol. The number of nitrogens with zero attached hydrogens (tertiary/aromatic N) is 1. The zero-order valence-electron chi connectivity index (χ0n) is 14.2. The number of ether oxygens (including phenoxy) is 2. The molecule has 1 heterocycles. The van der Waals surface area contributed by atoms with Crippen LogP contribution in [-0.4, -0.2) is 59.6 Å². The van der Waals surface area contributed by atoms with Crippen LogP contribution in [0.5, 0.6) is 5.75 Å². The second-order valence-electron chi connectivity index (χ2n) is 5.79. The van der Waals surface area contributed by atoms with Crippen LogP contribution in [0.15, 0.2) is 23.1 Å². The van der Waals surface area contributed by atoms with Crippen LogP contribution in [0.3, 0.4) is 0 Å². The minimum atomic E-state index is -3.68. The first-order valence-electron chi connectivity index (χ1n) is 7.85. The van der Waals surface area contributed by atoms with Crippen molar-refractivity contribution in [3.05, 3.63) is 23.8 Å². The maximum atomic E-state index is 13.0. The van der Waals surface area contributed by atoms with E-state index in [9.17, 15) is 13.2 Å². The lowest BCUT2D eigenvalue weighted by Gasteiger charge is -2.32. The van der Waals surface area contributed by atoms with E-state index in [1.165, 1.54) is 36.7 Å². The third kappa shape index (κ3) is 3.88. The van der Waals surface area contributed by atoms with Gasteiger partial charge in [-0.2, -0.15) is 4.31 Å². The van der Waals surface area contributed by atoms with Gasteiger partial charge in [0.2, 0.25) is 10.0 Å². The molecule has 0 amide bonds. The Balaban J connectivity index is 2.33. The Kier molecular flexibility index (Phi) is 6.20. The summed E-state index contributed by atoms with van der Waals surface area (Å²) in [6.07, 6.45) is 1.83. The van der Waals surface area contributed by atoms with Gasteiger partial charge in [-0.15, -0.1) is 0 Å². The van der Waals surface area contributed by atoms with Crippen molar-refractivity contribution in [2.75, 3.05) is 40.9 Å². The Labute approximate surface area is 143 Å². The highest BCUT2D eigenvalue weighted by Crippen LogP contribution is 2.30. The van der Waals surface area contributed by atoms with Crippen molar-refractivity contribution < 1.29 is 22.7 Å². The number of piperidine rings is 1. The summed E-state index contributed by atoms with van der Waals surface area (Å²) in [6, 6.07) is 4.24. The highest BCUT2D eigenvalue weighted by Gasteiger charge is 2.32. The van der Waals surface area contributed by atoms with E-state index in [2.05, 4.69) is 10.1 Å². The zero-order valence-corrected chi connectivity index (χ0v) is 15.1. The Morgan fingerprint density at radius 2 is 2.12 bits per heavy atom. The first-order valence-corrected chi connectivity index (χ1v) is 9.29. The van der Waals surface area contributed by atoms with E-state index in [0.717, 1.165) is 19.4 Å². The molecule has 0 spiro atoms. The number of methoxy groups -OCH3 is 2. The Hall–Kier alpha value is -1.64. The second kappa shape index (κ2) is 7.96. The molecule has 8 heteroatoms. The molecule has 0 aliphatic carbocycles. The molecule has 0 saturated carbocycles. The first kappa shape index (κ1) is 18.7. The van der Waals surface area contributed by atoms with Crippen molar-refractivity contribution in [2.45, 2.75) is 17.7 Å². The van der Waals surface area contributed by atoms with Crippen molar-refractivity contribution in [1.29, 1.82) is 0 Å². The molecule has 0 radical (unpaired) electrons. The minimum Gasteiger partial charge on any atom is -0.495 e. The van der Waals surface area contributed by atoms with Gasteiger partial charge in [-0.05, 0) is 50.6 Å². The van der Waals surface area contributed by atoms with Crippen LogP contribution in [0.2, 0.25) is 0 Å². The van der Waals surface area contributed by atoms with Gasteiger partial charge < -0.3 is 14.8 Å². The number of benzene rings is 1. The van der Waals surface area contributed by atoms with Gasteiger partial charge in [0.1, 0.15) is 10.6 Å². The van der Waals surface area contributed by atoms with Gasteiger partial charge in [0, 0.05) is 13.1 Å². The lowest BCUT2D eigenvalue weighted by Crippen LogP contribution is -2.42. The Morgan fingerprint density at radius 1 is 1.38 bits per heavy atom. The van der Waals surface area contributed by atoms with Crippen molar-refractivity contribution in [1.82, 2.24) is 9.62 Å². The van der Waals surface area contributed by atoms with Crippen LogP contribution in [0.4, 0.5) is 0 Å². The number of hydrogen-bond donors (Lipinski definition) is 1. The van der Waals surface area contributed by atoms with E-state index in [4.69, 9.17) is 4.74 Å². The number of hydrogen-bond acceptors (Lipinski definition) is 6. The van der Waals surface area contributed by atoms with E-state index >= 15 is 0 Å². The molecular formula is C16H24N2O5S. The lowest BCUT2D eigenvalue weighted by atomic mass is 10.00. The fourth-order valence-corrected chi connectivity index (χ4v) is 4.66. The van der Waals surface area contributed by atoms with E-state index in [0.29, 0.717) is 19.0 Å². The normalized spacial score (nSPS) is 19.0. The third-order valence-corrected chi connectivity index (χ3v) is 6.08. The molecule has 1 unspecified atom stereocenters. The number of rotatable bonds is 6. The number of nitrogens with one attached hydrogen (secondary N) is 1. The quantitative estimate of drug-likeness (QED) is 0.769. The molecule has 0 bridgehead atoms. The maximum Gasteiger partial charge on any atom is 0.337 e. The Bertz CT molecular complexity index is 688. The molecule has 2 rings (SSSR count). The molecule has 24 heavy (non-hydrogen) atoms. The highest BCUT2D eigenvalue weighted by atomic mass is 32.2. The average Bonchev–Trinajstić information content (AvgIpc) is 2.61. The van der Waals surface area contributed by atoms with Crippen LogP contribution in [0.1, 0.15) is 23.2 Å². The van der Waals surface area contributed by atoms with Crippen molar-refractivity contribution in [3.8, 4) is 5.75 Å². The Morgan fingerprint density at radius 3 is 2.75 bits per heavy atom. The predicted octanol–water partition coefficient (Wildman–Crippen LogP) is 1.10. The summed E-state index contributed by atoms with van der Waals surface area (Å²) < 4.78 is 37.3. The molecule has 1 aliphatic heterocycles. The van der Waals surface area contributed by atoms with Gasteiger partial charge in [-0.3, -0.25) is 0 Å². The van der Waals surface area contributed by atoms with Gasteiger partial charge in [-0.1, -0.05) is 0 Å². The van der Waals surface area contributed by atoms with Crippen LogP contribution in [-0.2, 0) is 14.8 Å². The summed E-state index contributed by atoms with van der Waals surface area (Å²) >= 11 is 0.